The largest absolute Gasteiger partial charge is 0.487 e. The number of halogens is 2. The minimum atomic E-state index is -0.910. The molecule has 1 fully saturated rings. The molecule has 2 atom stereocenters. The maximum absolute atomic E-state index is 14.0. The van der Waals surface area contributed by atoms with Gasteiger partial charge in [0.05, 0.1) is 47.6 Å². The molecule has 1 aliphatic heterocycles. The first-order valence-corrected chi connectivity index (χ1v) is 17.0. The van der Waals surface area contributed by atoms with Crippen molar-refractivity contribution in [3.8, 4) is 17.3 Å². The van der Waals surface area contributed by atoms with E-state index in [4.69, 9.17) is 19.4 Å². The van der Waals surface area contributed by atoms with Crippen LogP contribution in [0.1, 0.15) is 56.6 Å². The van der Waals surface area contributed by atoms with Gasteiger partial charge in [0.1, 0.15) is 29.6 Å². The summed E-state index contributed by atoms with van der Waals surface area (Å²) in [4.78, 5) is 41.1. The van der Waals surface area contributed by atoms with Gasteiger partial charge in [-0.05, 0) is 64.7 Å². The number of hydrogen-bond donors (Lipinski definition) is 1. The molecule has 4 aromatic heterocycles. The van der Waals surface area contributed by atoms with Crippen LogP contribution in [0, 0.1) is 11.9 Å². The average molecular weight is 689 g/mol. The van der Waals surface area contributed by atoms with Crippen molar-refractivity contribution in [1.82, 2.24) is 38.9 Å². The van der Waals surface area contributed by atoms with Gasteiger partial charge in [-0.15, -0.1) is 0 Å². The van der Waals surface area contributed by atoms with Crippen molar-refractivity contribution in [2.45, 2.75) is 77.8 Å². The Balaban J connectivity index is 1.18. The number of rotatable bonds is 11. The first kappa shape index (κ1) is 33.5. The zero-order valence-electron chi connectivity index (χ0n) is 28.9. The second kappa shape index (κ2) is 13.0. The molecule has 1 aromatic carbocycles. The Kier molecular flexibility index (Phi) is 8.73. The Bertz CT molecular complexity index is 2080. The predicted molar refractivity (Wildman–Crippen MR) is 183 cm³/mol. The van der Waals surface area contributed by atoms with E-state index in [2.05, 4.69) is 27.0 Å². The lowest BCUT2D eigenvalue weighted by Crippen LogP contribution is -2.50. The maximum Gasteiger partial charge on any atom is 0.408 e. The minimum absolute atomic E-state index is 0.00300. The van der Waals surface area contributed by atoms with Crippen molar-refractivity contribution >= 4 is 34.1 Å². The number of nitrogens with one attached hydrogen (secondary N) is 1. The van der Waals surface area contributed by atoms with E-state index in [-0.39, 0.29) is 18.6 Å². The fraction of sp³-hybridized carbons (Fsp3) is 0.472. The van der Waals surface area contributed by atoms with Crippen LogP contribution in [0.15, 0.2) is 42.9 Å². The molecule has 5 aromatic rings. The molecule has 0 radical (unpaired) electrons. The third-order valence-corrected chi connectivity index (χ3v) is 9.06. The van der Waals surface area contributed by atoms with E-state index in [1.54, 1.807) is 36.3 Å². The molecule has 50 heavy (non-hydrogen) atoms. The number of alkyl halides is 1. The van der Waals surface area contributed by atoms with Crippen LogP contribution in [0.2, 0.25) is 0 Å². The molecule has 5 heterocycles. The van der Waals surface area contributed by atoms with Crippen molar-refractivity contribution < 1.29 is 27.8 Å². The van der Waals surface area contributed by atoms with Gasteiger partial charge in [-0.2, -0.15) is 4.39 Å². The Labute approximate surface area is 288 Å². The summed E-state index contributed by atoms with van der Waals surface area (Å²) in [6, 6.07) is 8.95. The van der Waals surface area contributed by atoms with E-state index in [1.165, 1.54) is 12.5 Å². The lowest BCUT2D eigenvalue weighted by Gasteiger charge is -2.31. The molecule has 0 spiro atoms. The first-order chi connectivity index (χ1) is 23.9. The average Bonchev–Trinajstić information content (AvgIpc) is 3.54. The summed E-state index contributed by atoms with van der Waals surface area (Å²) in [6.45, 7) is 7.88. The van der Waals surface area contributed by atoms with E-state index < -0.39 is 30.4 Å². The van der Waals surface area contributed by atoms with E-state index in [0.717, 1.165) is 41.7 Å². The lowest BCUT2D eigenvalue weighted by atomic mass is 10.0. The fourth-order valence-electron chi connectivity index (χ4n) is 6.62. The minimum Gasteiger partial charge on any atom is -0.487 e. The number of imidazole rings is 2. The third-order valence-electron chi connectivity index (χ3n) is 9.06. The molecule has 2 amide bonds. The van der Waals surface area contributed by atoms with E-state index in [9.17, 15) is 18.4 Å². The number of pyridine rings is 1. The number of hydrogen-bond acceptors (Lipinski definition) is 7. The third kappa shape index (κ3) is 6.88. The summed E-state index contributed by atoms with van der Waals surface area (Å²) in [5.41, 5.74) is 3.47. The predicted octanol–water partition coefficient (Wildman–Crippen LogP) is 5.66. The molecule has 264 valence electrons. The summed E-state index contributed by atoms with van der Waals surface area (Å²) in [6.07, 6.45) is 4.61. The van der Waals surface area contributed by atoms with E-state index in [1.807, 2.05) is 30.7 Å². The van der Waals surface area contributed by atoms with Crippen LogP contribution in [0.4, 0.5) is 13.6 Å². The van der Waals surface area contributed by atoms with Gasteiger partial charge in [-0.1, -0.05) is 12.1 Å². The summed E-state index contributed by atoms with van der Waals surface area (Å²) in [5.74, 6) is 1.18. The highest BCUT2D eigenvalue weighted by molar-refractivity contribution is 5.99. The van der Waals surface area contributed by atoms with Gasteiger partial charge in [0.25, 0.3) is 5.91 Å². The zero-order valence-corrected chi connectivity index (χ0v) is 28.9. The van der Waals surface area contributed by atoms with Crippen LogP contribution in [-0.4, -0.2) is 83.1 Å². The maximum atomic E-state index is 14.0. The van der Waals surface area contributed by atoms with Crippen LogP contribution in [0.3, 0.4) is 0 Å². The summed E-state index contributed by atoms with van der Waals surface area (Å²) >= 11 is 0. The number of benzene rings is 1. The molecule has 0 saturated heterocycles. The van der Waals surface area contributed by atoms with Crippen LogP contribution in [0.25, 0.3) is 33.6 Å². The number of alkyl carbamates (subject to hydrolysis) is 1. The van der Waals surface area contributed by atoms with Crippen molar-refractivity contribution in [3.63, 3.8) is 0 Å². The standard InChI is InChI=1S/C36H42F2N8O4/c1-21(16-44-19-30(38)39-20-44)49-29-8-6-7-23-13-28(46(31(23)29)17-22-9-10-22)33-42-27-14-25-26(41-32(27)43(33)5)11-12-45(34(25)47)18-24(15-37)40-35(48)50-36(2,3)4/h6-8,13-14,19-22,24H,9-12,15-18H2,1-5H3,(H,40,48)/t21-,24+/m0/s1. The second-order valence-corrected chi connectivity index (χ2v) is 14.4. The SMILES string of the molecule is C[C@@H](Cn1cnc(F)c1)Oc1cccc2cc(-c3nc4cc5c(nc4n3C)CCN(C[C@@H](CF)NC(=O)OC(C)(C)C)C5=O)n(CC3CC3)c12. The topological polar surface area (TPSA) is 121 Å². The summed E-state index contributed by atoms with van der Waals surface area (Å²) in [5, 5.41) is 3.55. The number of carbonyl (C=O) groups excluding carboxylic acids is 2. The highest BCUT2D eigenvalue weighted by atomic mass is 19.1. The number of carbonyl (C=O) groups is 2. The molecular weight excluding hydrogens is 646 g/mol. The van der Waals surface area contributed by atoms with E-state index in [0.29, 0.717) is 53.7 Å². The Morgan fingerprint density at radius 1 is 1.16 bits per heavy atom. The Morgan fingerprint density at radius 2 is 1.96 bits per heavy atom. The van der Waals surface area contributed by atoms with Gasteiger partial charge in [0, 0.05) is 38.5 Å². The Morgan fingerprint density at radius 3 is 2.66 bits per heavy atom. The number of aryl methyl sites for hydroxylation is 1. The normalized spacial score (nSPS) is 16.1. The molecule has 14 heteroatoms. The fourth-order valence-corrected chi connectivity index (χ4v) is 6.62. The van der Waals surface area contributed by atoms with Crippen molar-refractivity contribution in [2.24, 2.45) is 13.0 Å². The molecule has 12 nitrogen and oxygen atoms in total. The number of nitrogens with zero attached hydrogens (tertiary/aromatic N) is 7. The van der Waals surface area contributed by atoms with Gasteiger partial charge in [0.15, 0.2) is 11.5 Å². The molecule has 1 aliphatic carbocycles. The summed E-state index contributed by atoms with van der Waals surface area (Å²) in [7, 11) is 1.93. The number of fused-ring (bicyclic) bond motifs is 3. The molecule has 1 N–H and O–H groups in total. The van der Waals surface area contributed by atoms with Crippen molar-refractivity contribution in [1.29, 1.82) is 0 Å². The molecule has 7 rings (SSSR count). The van der Waals surface area contributed by atoms with Crippen LogP contribution < -0.4 is 10.1 Å². The highest BCUT2D eigenvalue weighted by Crippen LogP contribution is 2.39. The highest BCUT2D eigenvalue weighted by Gasteiger charge is 2.31. The molecule has 2 aliphatic rings. The van der Waals surface area contributed by atoms with Gasteiger partial charge in [-0.25, -0.2) is 24.1 Å². The number of ether oxygens (including phenoxy) is 2. The van der Waals surface area contributed by atoms with Crippen LogP contribution >= 0.6 is 0 Å². The van der Waals surface area contributed by atoms with Gasteiger partial charge < -0.3 is 33.4 Å². The smallest absolute Gasteiger partial charge is 0.408 e. The quantitative estimate of drug-likeness (QED) is 0.190. The van der Waals surface area contributed by atoms with Crippen LogP contribution in [0.5, 0.6) is 5.75 Å². The monoisotopic (exact) mass is 688 g/mol. The second-order valence-electron chi connectivity index (χ2n) is 14.4. The van der Waals surface area contributed by atoms with E-state index >= 15 is 0 Å². The lowest BCUT2D eigenvalue weighted by molar-refractivity contribution is 0.0465. The molecule has 1 saturated carbocycles. The van der Waals surface area contributed by atoms with Gasteiger partial charge >= 0.3 is 6.09 Å². The molecule has 0 bridgehead atoms. The van der Waals surface area contributed by atoms with Gasteiger partial charge in [0.2, 0.25) is 5.95 Å². The zero-order chi connectivity index (χ0) is 35.3. The molecule has 0 unspecified atom stereocenters. The van der Waals surface area contributed by atoms with Crippen LogP contribution in [-0.2, 0) is 31.3 Å². The number of amides is 2. The number of para-hydroxylation sites is 1. The summed E-state index contributed by atoms with van der Waals surface area (Å²) < 4.78 is 45.1. The van der Waals surface area contributed by atoms with Crippen molar-refractivity contribution in [3.05, 3.63) is 60.1 Å². The molecular formula is C36H42F2N8O4. The number of aromatic nitrogens is 6. The first-order valence-electron chi connectivity index (χ1n) is 17.0. The van der Waals surface area contributed by atoms with Crippen molar-refractivity contribution in [2.75, 3.05) is 19.8 Å². The Hall–Kier alpha value is -5.01. The van der Waals surface area contributed by atoms with Gasteiger partial charge in [-0.3, -0.25) is 4.79 Å².